The van der Waals surface area contributed by atoms with E-state index in [1.807, 2.05) is 6.92 Å². The van der Waals surface area contributed by atoms with Crippen LogP contribution in [0.1, 0.15) is 35.7 Å². The molecular weight excluding hydrogens is 195 g/mol. The maximum Gasteiger partial charge on any atom is 0.153 e. The number of benzene rings is 1. The van der Waals surface area contributed by atoms with Crippen LogP contribution in [-0.2, 0) is 0 Å². The van der Waals surface area contributed by atoms with Gasteiger partial charge in [-0.2, -0.15) is 0 Å². The van der Waals surface area contributed by atoms with Gasteiger partial charge in [0.2, 0.25) is 0 Å². The number of aryl methyl sites for hydroxylation is 1. The number of rotatable bonds is 5. The Balaban J connectivity index is 2.85. The molecular formula is C12H15FO2. The minimum atomic E-state index is -0.341. The zero-order chi connectivity index (χ0) is 11.3. The summed E-state index contributed by atoms with van der Waals surface area (Å²) in [5.41, 5.74) is 0.866. The van der Waals surface area contributed by atoms with Crippen LogP contribution in [0, 0.1) is 12.7 Å². The number of carbonyl (C=O) groups excluding carboxylic acids is 1. The zero-order valence-corrected chi connectivity index (χ0v) is 9.05. The average molecular weight is 210 g/mol. The van der Waals surface area contributed by atoms with Crippen molar-refractivity contribution in [1.82, 2.24) is 0 Å². The second-order valence-corrected chi connectivity index (χ2v) is 3.46. The third-order valence-corrected chi connectivity index (χ3v) is 2.17. The van der Waals surface area contributed by atoms with Crippen LogP contribution in [0.2, 0.25) is 0 Å². The smallest absolute Gasteiger partial charge is 0.153 e. The van der Waals surface area contributed by atoms with Gasteiger partial charge >= 0.3 is 0 Å². The molecule has 0 heterocycles. The van der Waals surface area contributed by atoms with Crippen LogP contribution < -0.4 is 4.74 Å². The molecule has 0 radical (unpaired) electrons. The largest absolute Gasteiger partial charge is 0.493 e. The van der Waals surface area contributed by atoms with Gasteiger partial charge in [-0.3, -0.25) is 4.79 Å². The maximum atomic E-state index is 13.2. The van der Waals surface area contributed by atoms with E-state index in [1.165, 1.54) is 12.1 Å². The van der Waals surface area contributed by atoms with Crippen LogP contribution in [0.4, 0.5) is 4.39 Å². The first kappa shape index (κ1) is 11.7. The molecule has 2 nitrogen and oxygen atoms in total. The van der Waals surface area contributed by atoms with Gasteiger partial charge in [-0.25, -0.2) is 4.39 Å². The van der Waals surface area contributed by atoms with E-state index in [4.69, 9.17) is 4.74 Å². The second-order valence-electron chi connectivity index (χ2n) is 3.46. The molecule has 1 rings (SSSR count). The van der Waals surface area contributed by atoms with E-state index in [-0.39, 0.29) is 5.82 Å². The molecule has 15 heavy (non-hydrogen) atoms. The third-order valence-electron chi connectivity index (χ3n) is 2.17. The van der Waals surface area contributed by atoms with E-state index in [9.17, 15) is 9.18 Å². The standard InChI is InChI=1S/C12H15FO2/c1-3-4-5-15-12-7-11(13)9(2)6-10(12)8-14/h6-8H,3-5H2,1-2H3. The lowest BCUT2D eigenvalue weighted by Crippen LogP contribution is -2.01. The fourth-order valence-corrected chi connectivity index (χ4v) is 1.23. The normalized spacial score (nSPS) is 10.1. The summed E-state index contributed by atoms with van der Waals surface area (Å²) in [6, 6.07) is 2.78. The van der Waals surface area contributed by atoms with E-state index >= 15 is 0 Å². The maximum absolute atomic E-state index is 13.2. The Labute approximate surface area is 89.1 Å². The Bertz CT molecular complexity index is 348. The van der Waals surface area contributed by atoms with Crippen molar-refractivity contribution in [1.29, 1.82) is 0 Å². The minimum absolute atomic E-state index is 0.335. The number of carbonyl (C=O) groups is 1. The van der Waals surface area contributed by atoms with Crippen molar-refractivity contribution >= 4 is 6.29 Å². The average Bonchev–Trinajstić information content (AvgIpc) is 2.23. The van der Waals surface area contributed by atoms with Crippen LogP contribution >= 0.6 is 0 Å². The van der Waals surface area contributed by atoms with Gasteiger partial charge in [-0.15, -0.1) is 0 Å². The van der Waals surface area contributed by atoms with Gasteiger partial charge in [0, 0.05) is 6.07 Å². The number of ether oxygens (including phenoxy) is 1. The van der Waals surface area contributed by atoms with Crippen molar-refractivity contribution in [3.05, 3.63) is 29.1 Å². The highest BCUT2D eigenvalue weighted by Crippen LogP contribution is 2.21. The minimum Gasteiger partial charge on any atom is -0.493 e. The van der Waals surface area contributed by atoms with E-state index in [1.54, 1.807) is 6.92 Å². The molecule has 82 valence electrons. The summed E-state index contributed by atoms with van der Waals surface area (Å²) in [6.07, 6.45) is 2.59. The molecule has 0 atom stereocenters. The third kappa shape index (κ3) is 3.05. The van der Waals surface area contributed by atoms with Gasteiger partial charge in [0.05, 0.1) is 12.2 Å². The molecule has 0 unspecified atom stereocenters. The Morgan fingerprint density at radius 3 is 2.80 bits per heavy atom. The molecule has 0 saturated carbocycles. The Morgan fingerprint density at radius 1 is 1.47 bits per heavy atom. The fourth-order valence-electron chi connectivity index (χ4n) is 1.23. The molecule has 0 aliphatic heterocycles. The number of aldehydes is 1. The second kappa shape index (κ2) is 5.49. The van der Waals surface area contributed by atoms with Gasteiger partial charge < -0.3 is 4.74 Å². The first-order valence-corrected chi connectivity index (χ1v) is 5.07. The lowest BCUT2D eigenvalue weighted by molar-refractivity contribution is 0.111. The summed E-state index contributed by atoms with van der Waals surface area (Å²) < 4.78 is 18.5. The van der Waals surface area contributed by atoms with Crippen molar-refractivity contribution in [3.8, 4) is 5.75 Å². The van der Waals surface area contributed by atoms with Gasteiger partial charge in [-0.1, -0.05) is 13.3 Å². The molecule has 3 heteroatoms. The summed E-state index contributed by atoms with van der Waals surface area (Å²) in [6.45, 7) is 4.18. The van der Waals surface area contributed by atoms with Gasteiger partial charge in [-0.05, 0) is 25.0 Å². The van der Waals surface area contributed by atoms with E-state index in [2.05, 4.69) is 0 Å². The van der Waals surface area contributed by atoms with Crippen LogP contribution in [-0.4, -0.2) is 12.9 Å². The monoisotopic (exact) mass is 210 g/mol. The Morgan fingerprint density at radius 2 is 2.20 bits per heavy atom. The van der Waals surface area contributed by atoms with Crippen molar-refractivity contribution in [2.45, 2.75) is 26.7 Å². The van der Waals surface area contributed by atoms with Crippen molar-refractivity contribution in [3.63, 3.8) is 0 Å². The highest BCUT2D eigenvalue weighted by molar-refractivity contribution is 5.79. The molecule has 0 saturated heterocycles. The number of hydrogen-bond acceptors (Lipinski definition) is 2. The van der Waals surface area contributed by atoms with Crippen LogP contribution in [0.25, 0.3) is 0 Å². The summed E-state index contributed by atoms with van der Waals surface area (Å²) in [5, 5.41) is 0. The SMILES string of the molecule is CCCCOc1cc(F)c(C)cc1C=O. The fraction of sp³-hybridized carbons (Fsp3) is 0.417. The molecule has 0 fully saturated rings. The molecule has 1 aromatic rings. The van der Waals surface area contributed by atoms with E-state index in [0.29, 0.717) is 29.8 Å². The van der Waals surface area contributed by atoms with E-state index in [0.717, 1.165) is 12.8 Å². The topological polar surface area (TPSA) is 26.3 Å². The molecule has 0 spiro atoms. The predicted octanol–water partition coefficient (Wildman–Crippen LogP) is 3.13. The summed E-state index contributed by atoms with van der Waals surface area (Å²) in [4.78, 5) is 10.7. The lowest BCUT2D eigenvalue weighted by Gasteiger charge is -2.09. The molecule has 0 N–H and O–H groups in total. The first-order valence-electron chi connectivity index (χ1n) is 5.07. The molecule has 0 aliphatic carbocycles. The van der Waals surface area contributed by atoms with Crippen molar-refractivity contribution in [2.75, 3.05) is 6.61 Å². The van der Waals surface area contributed by atoms with Gasteiger partial charge in [0.25, 0.3) is 0 Å². The summed E-state index contributed by atoms with van der Waals surface area (Å²) >= 11 is 0. The van der Waals surface area contributed by atoms with Crippen LogP contribution in [0.3, 0.4) is 0 Å². The highest BCUT2D eigenvalue weighted by Gasteiger charge is 2.07. The number of hydrogen-bond donors (Lipinski definition) is 0. The van der Waals surface area contributed by atoms with Crippen molar-refractivity contribution in [2.24, 2.45) is 0 Å². The number of halogens is 1. The van der Waals surface area contributed by atoms with Gasteiger partial charge in [0.1, 0.15) is 11.6 Å². The summed E-state index contributed by atoms with van der Waals surface area (Å²) in [7, 11) is 0. The molecule has 0 amide bonds. The molecule has 1 aromatic carbocycles. The highest BCUT2D eigenvalue weighted by atomic mass is 19.1. The molecule has 0 aliphatic rings. The van der Waals surface area contributed by atoms with Gasteiger partial charge in [0.15, 0.2) is 6.29 Å². The molecule has 0 bridgehead atoms. The quantitative estimate of drug-likeness (QED) is 0.551. The summed E-state index contributed by atoms with van der Waals surface area (Å²) in [5.74, 6) is -0.00588. The van der Waals surface area contributed by atoms with Crippen LogP contribution in [0.15, 0.2) is 12.1 Å². The van der Waals surface area contributed by atoms with Crippen molar-refractivity contribution < 1.29 is 13.9 Å². The van der Waals surface area contributed by atoms with Crippen LogP contribution in [0.5, 0.6) is 5.75 Å². The predicted molar refractivity (Wildman–Crippen MR) is 56.9 cm³/mol. The van der Waals surface area contributed by atoms with E-state index < -0.39 is 0 Å². The first-order chi connectivity index (χ1) is 7.19. The Hall–Kier alpha value is -1.38. The zero-order valence-electron chi connectivity index (χ0n) is 9.05. The lowest BCUT2D eigenvalue weighted by atomic mass is 10.1. The molecule has 0 aromatic heterocycles. The Kier molecular flexibility index (Phi) is 4.28. The number of unbranched alkanes of at least 4 members (excludes halogenated alkanes) is 1.